The predicted octanol–water partition coefficient (Wildman–Crippen LogP) is 2.06. The van der Waals surface area contributed by atoms with E-state index in [0.29, 0.717) is 18.3 Å². The van der Waals surface area contributed by atoms with Crippen LogP contribution in [0.25, 0.3) is 0 Å². The smallest absolute Gasteiger partial charge is 0.225 e. The van der Waals surface area contributed by atoms with Crippen molar-refractivity contribution in [2.45, 2.75) is 33.1 Å². The quantitative estimate of drug-likeness (QED) is 0.787. The van der Waals surface area contributed by atoms with E-state index >= 15 is 0 Å². The van der Waals surface area contributed by atoms with Gasteiger partial charge in [-0.3, -0.25) is 4.79 Å². The SMILES string of the molecule is Cc1ccc(O)c(NC(=O)CC(C)C2CCCNC2)n1. The van der Waals surface area contributed by atoms with E-state index in [4.69, 9.17) is 0 Å². The topological polar surface area (TPSA) is 74.2 Å². The highest BCUT2D eigenvalue weighted by molar-refractivity contribution is 5.91. The molecule has 5 nitrogen and oxygen atoms in total. The van der Waals surface area contributed by atoms with Gasteiger partial charge in [-0.05, 0) is 56.8 Å². The molecule has 20 heavy (non-hydrogen) atoms. The zero-order valence-electron chi connectivity index (χ0n) is 12.1. The minimum atomic E-state index is -0.0866. The Kier molecular flexibility index (Phi) is 4.95. The number of amides is 1. The van der Waals surface area contributed by atoms with Gasteiger partial charge in [0.1, 0.15) is 0 Å². The monoisotopic (exact) mass is 277 g/mol. The van der Waals surface area contributed by atoms with Crippen LogP contribution in [0, 0.1) is 18.8 Å². The van der Waals surface area contributed by atoms with Crippen molar-refractivity contribution in [2.75, 3.05) is 18.4 Å². The number of carbonyl (C=O) groups excluding carboxylic acids is 1. The molecular formula is C15H23N3O2. The van der Waals surface area contributed by atoms with Gasteiger partial charge in [0.25, 0.3) is 0 Å². The number of nitrogens with one attached hydrogen (secondary N) is 2. The minimum Gasteiger partial charge on any atom is -0.504 e. The number of anilines is 1. The first-order valence-electron chi connectivity index (χ1n) is 7.23. The second-order valence-corrected chi connectivity index (χ2v) is 5.66. The zero-order valence-corrected chi connectivity index (χ0v) is 12.1. The van der Waals surface area contributed by atoms with E-state index in [1.165, 1.54) is 12.8 Å². The lowest BCUT2D eigenvalue weighted by molar-refractivity contribution is -0.117. The molecule has 0 bridgehead atoms. The Morgan fingerprint density at radius 3 is 3.10 bits per heavy atom. The lowest BCUT2D eigenvalue weighted by Gasteiger charge is -2.27. The second-order valence-electron chi connectivity index (χ2n) is 5.66. The molecule has 110 valence electrons. The largest absolute Gasteiger partial charge is 0.504 e. The standard InChI is InChI=1S/C15H23N3O2/c1-10(12-4-3-7-16-9-12)8-14(20)18-15-13(19)6-5-11(2)17-15/h5-6,10,12,16,19H,3-4,7-9H2,1-2H3,(H,17,18,20). The average molecular weight is 277 g/mol. The summed E-state index contributed by atoms with van der Waals surface area (Å²) in [5, 5.41) is 15.8. The van der Waals surface area contributed by atoms with Crippen molar-refractivity contribution in [3.05, 3.63) is 17.8 Å². The van der Waals surface area contributed by atoms with E-state index in [2.05, 4.69) is 22.5 Å². The Hall–Kier alpha value is -1.62. The summed E-state index contributed by atoms with van der Waals surface area (Å²) in [7, 11) is 0. The highest BCUT2D eigenvalue weighted by Gasteiger charge is 2.22. The molecule has 0 spiro atoms. The lowest BCUT2D eigenvalue weighted by atomic mass is 9.85. The third-order valence-electron chi connectivity index (χ3n) is 3.92. The first-order valence-corrected chi connectivity index (χ1v) is 7.23. The van der Waals surface area contributed by atoms with E-state index in [9.17, 15) is 9.90 Å². The summed E-state index contributed by atoms with van der Waals surface area (Å²) in [6.07, 6.45) is 2.81. The number of piperidine rings is 1. The van der Waals surface area contributed by atoms with Crippen molar-refractivity contribution in [3.8, 4) is 5.75 Å². The van der Waals surface area contributed by atoms with E-state index in [0.717, 1.165) is 18.8 Å². The van der Waals surface area contributed by atoms with Crippen LogP contribution in [0.3, 0.4) is 0 Å². The Bertz CT molecular complexity index is 470. The van der Waals surface area contributed by atoms with E-state index in [-0.39, 0.29) is 17.5 Å². The van der Waals surface area contributed by atoms with Crippen molar-refractivity contribution in [1.82, 2.24) is 10.3 Å². The third kappa shape index (κ3) is 3.93. The molecule has 1 aliphatic rings. The molecule has 2 atom stereocenters. The fourth-order valence-electron chi connectivity index (χ4n) is 2.65. The molecule has 1 aromatic rings. The molecule has 0 aromatic carbocycles. The maximum Gasteiger partial charge on any atom is 0.225 e. The predicted molar refractivity (Wildman–Crippen MR) is 78.6 cm³/mol. The van der Waals surface area contributed by atoms with E-state index in [1.54, 1.807) is 12.1 Å². The molecule has 2 unspecified atom stereocenters. The van der Waals surface area contributed by atoms with Gasteiger partial charge in [-0.1, -0.05) is 6.92 Å². The van der Waals surface area contributed by atoms with Crippen molar-refractivity contribution >= 4 is 11.7 Å². The number of hydrogen-bond donors (Lipinski definition) is 3. The molecule has 2 rings (SSSR count). The van der Waals surface area contributed by atoms with Gasteiger partial charge in [0, 0.05) is 12.1 Å². The Balaban J connectivity index is 1.89. The molecule has 1 fully saturated rings. The first kappa shape index (κ1) is 14.8. The van der Waals surface area contributed by atoms with Crippen LogP contribution in [0.2, 0.25) is 0 Å². The number of aryl methyl sites for hydroxylation is 1. The fraction of sp³-hybridized carbons (Fsp3) is 0.600. The van der Waals surface area contributed by atoms with Crippen LogP contribution in [0.4, 0.5) is 5.82 Å². The fourth-order valence-corrected chi connectivity index (χ4v) is 2.65. The number of pyridine rings is 1. The molecule has 5 heteroatoms. The number of rotatable bonds is 4. The van der Waals surface area contributed by atoms with Crippen molar-refractivity contribution < 1.29 is 9.90 Å². The summed E-state index contributed by atoms with van der Waals surface area (Å²) >= 11 is 0. The number of carbonyl (C=O) groups is 1. The highest BCUT2D eigenvalue weighted by atomic mass is 16.3. The van der Waals surface area contributed by atoms with Crippen LogP contribution in [0.1, 0.15) is 31.9 Å². The van der Waals surface area contributed by atoms with Crippen LogP contribution >= 0.6 is 0 Å². The Morgan fingerprint density at radius 2 is 2.40 bits per heavy atom. The molecule has 0 radical (unpaired) electrons. The number of nitrogens with zero attached hydrogens (tertiary/aromatic N) is 1. The van der Waals surface area contributed by atoms with Gasteiger partial charge >= 0.3 is 0 Å². The normalized spacial score (nSPS) is 20.4. The maximum absolute atomic E-state index is 12.0. The summed E-state index contributed by atoms with van der Waals surface area (Å²) in [4.78, 5) is 16.2. The molecule has 1 saturated heterocycles. The Morgan fingerprint density at radius 1 is 1.60 bits per heavy atom. The summed E-state index contributed by atoms with van der Waals surface area (Å²) in [6, 6.07) is 3.26. The van der Waals surface area contributed by atoms with Crippen LogP contribution in [-0.4, -0.2) is 29.1 Å². The van der Waals surface area contributed by atoms with Gasteiger partial charge in [-0.15, -0.1) is 0 Å². The zero-order chi connectivity index (χ0) is 14.5. The van der Waals surface area contributed by atoms with Gasteiger partial charge in [0.2, 0.25) is 5.91 Å². The Labute approximate surface area is 119 Å². The molecule has 1 amide bonds. The third-order valence-corrected chi connectivity index (χ3v) is 3.92. The van der Waals surface area contributed by atoms with Gasteiger partial charge in [-0.25, -0.2) is 4.98 Å². The van der Waals surface area contributed by atoms with Gasteiger partial charge in [0.15, 0.2) is 11.6 Å². The molecule has 0 aliphatic carbocycles. The molecule has 1 aromatic heterocycles. The van der Waals surface area contributed by atoms with Crippen LogP contribution in [0.5, 0.6) is 5.75 Å². The first-order chi connectivity index (χ1) is 9.56. The van der Waals surface area contributed by atoms with E-state index < -0.39 is 0 Å². The van der Waals surface area contributed by atoms with Gasteiger partial charge < -0.3 is 15.7 Å². The molecule has 3 N–H and O–H groups in total. The number of aromatic hydroxyl groups is 1. The summed E-state index contributed by atoms with van der Waals surface area (Å²) in [5.41, 5.74) is 0.766. The van der Waals surface area contributed by atoms with Crippen molar-refractivity contribution in [2.24, 2.45) is 11.8 Å². The van der Waals surface area contributed by atoms with Gasteiger partial charge in [-0.2, -0.15) is 0 Å². The lowest BCUT2D eigenvalue weighted by Crippen LogP contribution is -2.34. The maximum atomic E-state index is 12.0. The molecule has 1 aliphatic heterocycles. The molecule has 0 saturated carbocycles. The summed E-state index contributed by atoms with van der Waals surface area (Å²) in [6.45, 7) is 6.01. The number of hydrogen-bond acceptors (Lipinski definition) is 4. The summed E-state index contributed by atoms with van der Waals surface area (Å²) < 4.78 is 0. The van der Waals surface area contributed by atoms with Crippen molar-refractivity contribution in [3.63, 3.8) is 0 Å². The minimum absolute atomic E-state index is 0.0101. The van der Waals surface area contributed by atoms with Crippen LogP contribution in [0.15, 0.2) is 12.1 Å². The average Bonchev–Trinajstić information content (AvgIpc) is 2.43. The van der Waals surface area contributed by atoms with E-state index in [1.807, 2.05) is 6.92 Å². The second kappa shape index (κ2) is 6.70. The van der Waals surface area contributed by atoms with Crippen molar-refractivity contribution in [1.29, 1.82) is 0 Å². The molecular weight excluding hydrogens is 254 g/mol. The summed E-state index contributed by atoms with van der Waals surface area (Å²) in [5.74, 6) is 1.06. The number of aromatic nitrogens is 1. The molecule has 2 heterocycles. The van der Waals surface area contributed by atoms with Gasteiger partial charge in [0.05, 0.1) is 0 Å². The van der Waals surface area contributed by atoms with Crippen LogP contribution < -0.4 is 10.6 Å². The highest BCUT2D eigenvalue weighted by Crippen LogP contribution is 2.24. The van der Waals surface area contributed by atoms with Crippen LogP contribution in [-0.2, 0) is 4.79 Å².